The smallest absolute Gasteiger partial charge is 0.224 e. The highest BCUT2D eigenvalue weighted by atomic mass is 32.2. The molecule has 3 rings (SSSR count). The number of nitrogens with one attached hydrogen (secondary N) is 1. The fourth-order valence-electron chi connectivity index (χ4n) is 4.60. The monoisotopic (exact) mass is 567 g/mol. The Bertz CT molecular complexity index is 1400. The van der Waals surface area contributed by atoms with Gasteiger partial charge in [0.15, 0.2) is 27.5 Å². The van der Waals surface area contributed by atoms with Crippen LogP contribution in [-0.4, -0.2) is 43.6 Å². The molecule has 0 saturated heterocycles. The minimum Gasteiger partial charge on any atom is -0.619 e. The van der Waals surface area contributed by atoms with Gasteiger partial charge in [-0.05, 0) is 36.5 Å². The van der Waals surface area contributed by atoms with Crippen molar-refractivity contribution in [1.82, 2.24) is 5.32 Å². The maximum atomic E-state index is 13.3. The third-order valence-electron chi connectivity index (χ3n) is 6.82. The molecule has 0 bridgehead atoms. The number of ketones is 1. The van der Waals surface area contributed by atoms with Crippen LogP contribution in [0.4, 0.5) is 0 Å². The maximum absolute atomic E-state index is 13.3. The topological polar surface area (TPSA) is 154 Å². The first-order valence-corrected chi connectivity index (χ1v) is 15.1. The molecule has 4 N–H and O–H groups in total. The van der Waals surface area contributed by atoms with Crippen LogP contribution in [0.15, 0.2) is 72.9 Å². The number of aliphatic hydroxyl groups is 1. The van der Waals surface area contributed by atoms with Crippen molar-refractivity contribution in [2.24, 2.45) is 11.7 Å². The number of aliphatic hydroxyl groups excluding tert-OH is 1. The summed E-state index contributed by atoms with van der Waals surface area (Å²) in [5.41, 5.74) is 9.69. The van der Waals surface area contributed by atoms with Crippen molar-refractivity contribution in [2.75, 3.05) is 12.4 Å². The molecule has 214 valence electrons. The fourth-order valence-corrected chi connectivity index (χ4v) is 6.35. The SMILES string of the molecule is Cc1ccc(CN)c(CCC(=O)[C@H](CO)NC(=O)[C@@H](CCc2cccc[n+]2[O-])CS(=O)(=O)Cc2ccccc2)c1. The summed E-state index contributed by atoms with van der Waals surface area (Å²) in [6.07, 6.45) is 2.03. The van der Waals surface area contributed by atoms with Crippen LogP contribution in [0.5, 0.6) is 0 Å². The van der Waals surface area contributed by atoms with Crippen LogP contribution in [0.25, 0.3) is 0 Å². The summed E-state index contributed by atoms with van der Waals surface area (Å²) >= 11 is 0. The van der Waals surface area contributed by atoms with Gasteiger partial charge in [0.05, 0.1) is 24.0 Å². The van der Waals surface area contributed by atoms with E-state index in [1.165, 1.54) is 6.20 Å². The van der Waals surface area contributed by atoms with Crippen molar-refractivity contribution < 1.29 is 27.8 Å². The number of pyridine rings is 1. The van der Waals surface area contributed by atoms with Gasteiger partial charge in [-0.15, -0.1) is 0 Å². The zero-order valence-corrected chi connectivity index (χ0v) is 23.5. The highest BCUT2D eigenvalue weighted by Gasteiger charge is 2.30. The lowest BCUT2D eigenvalue weighted by atomic mass is 9.97. The summed E-state index contributed by atoms with van der Waals surface area (Å²) in [7, 11) is -3.72. The molecule has 1 amide bonds. The Morgan fingerprint density at radius 1 is 1.02 bits per heavy atom. The van der Waals surface area contributed by atoms with Crippen LogP contribution in [0.1, 0.15) is 40.8 Å². The molecule has 0 aliphatic carbocycles. The summed E-state index contributed by atoms with van der Waals surface area (Å²) < 4.78 is 26.8. The maximum Gasteiger partial charge on any atom is 0.224 e. The molecule has 0 aliphatic heterocycles. The summed E-state index contributed by atoms with van der Waals surface area (Å²) in [4.78, 5) is 26.3. The number of rotatable bonds is 15. The van der Waals surface area contributed by atoms with E-state index in [2.05, 4.69) is 5.32 Å². The Morgan fingerprint density at radius 3 is 2.42 bits per heavy atom. The second-order valence-corrected chi connectivity index (χ2v) is 12.1. The summed E-state index contributed by atoms with van der Waals surface area (Å²) in [5, 5.41) is 24.6. The average molecular weight is 568 g/mol. The molecule has 0 saturated carbocycles. The lowest BCUT2D eigenvalue weighted by Gasteiger charge is -2.21. The van der Waals surface area contributed by atoms with Crippen molar-refractivity contribution in [3.8, 4) is 0 Å². The molecule has 0 fully saturated rings. The van der Waals surface area contributed by atoms with Crippen molar-refractivity contribution in [2.45, 2.75) is 50.9 Å². The Hall–Kier alpha value is -3.60. The van der Waals surface area contributed by atoms with Crippen LogP contribution in [0, 0.1) is 18.0 Å². The molecular formula is C30H37N3O6S. The van der Waals surface area contributed by atoms with Crippen molar-refractivity contribution in [3.05, 3.63) is 106 Å². The molecule has 2 aromatic carbocycles. The van der Waals surface area contributed by atoms with Gasteiger partial charge >= 0.3 is 0 Å². The summed E-state index contributed by atoms with van der Waals surface area (Å²) in [5.74, 6) is -2.76. The van der Waals surface area contributed by atoms with Gasteiger partial charge in [0.1, 0.15) is 6.04 Å². The molecule has 2 atom stereocenters. The Morgan fingerprint density at radius 2 is 1.75 bits per heavy atom. The predicted octanol–water partition coefficient (Wildman–Crippen LogP) is 1.93. The quantitative estimate of drug-likeness (QED) is 0.187. The van der Waals surface area contributed by atoms with Gasteiger partial charge in [0.25, 0.3) is 0 Å². The van der Waals surface area contributed by atoms with Crippen molar-refractivity contribution in [3.63, 3.8) is 0 Å². The van der Waals surface area contributed by atoms with Crippen LogP contribution < -0.4 is 15.8 Å². The van der Waals surface area contributed by atoms with Crippen molar-refractivity contribution >= 4 is 21.5 Å². The van der Waals surface area contributed by atoms with E-state index in [0.29, 0.717) is 29.0 Å². The first-order valence-electron chi connectivity index (χ1n) is 13.3. The second-order valence-electron chi connectivity index (χ2n) is 9.98. The third kappa shape index (κ3) is 9.25. The predicted molar refractivity (Wildman–Crippen MR) is 153 cm³/mol. The number of nitrogens with two attached hydrogens (primary N) is 1. The third-order valence-corrected chi connectivity index (χ3v) is 8.50. The van der Waals surface area contributed by atoms with Crippen LogP contribution in [0.3, 0.4) is 0 Å². The normalized spacial score (nSPS) is 13.0. The van der Waals surface area contributed by atoms with E-state index in [4.69, 9.17) is 5.73 Å². The zero-order chi connectivity index (χ0) is 29.1. The molecule has 10 heteroatoms. The van der Waals surface area contributed by atoms with E-state index >= 15 is 0 Å². The van der Waals surface area contributed by atoms with E-state index in [1.54, 1.807) is 48.5 Å². The molecule has 40 heavy (non-hydrogen) atoms. The molecule has 1 heterocycles. The number of Topliss-reactive ketones (excluding diaryl/α,β-unsaturated/α-hetero) is 1. The summed E-state index contributed by atoms with van der Waals surface area (Å²) in [6.45, 7) is 1.65. The number of hydrogen-bond acceptors (Lipinski definition) is 7. The molecular weight excluding hydrogens is 530 g/mol. The summed E-state index contributed by atoms with van der Waals surface area (Å²) in [6, 6.07) is 18.2. The lowest BCUT2D eigenvalue weighted by molar-refractivity contribution is -0.614. The van der Waals surface area contributed by atoms with E-state index < -0.39 is 40.1 Å². The number of carbonyl (C=O) groups is 2. The Labute approximate surface area is 235 Å². The minimum absolute atomic E-state index is 0.0686. The van der Waals surface area contributed by atoms with Gasteiger partial charge in [-0.25, -0.2) is 8.42 Å². The zero-order valence-electron chi connectivity index (χ0n) is 22.7. The molecule has 1 aromatic heterocycles. The average Bonchev–Trinajstić information content (AvgIpc) is 2.93. The standard InChI is InChI=1S/C30H37N3O6S/c1-22-10-11-25(18-31)24(17-22)13-15-29(35)28(19-34)32-30(36)26(12-14-27-9-5-6-16-33(27)37)21-40(38,39)20-23-7-3-2-4-8-23/h2-11,16-17,26,28,34H,12-15,18-21,31H2,1H3,(H,32,36)/t26-,28-/m0/s1. The van der Waals surface area contributed by atoms with Gasteiger partial charge in [0.2, 0.25) is 5.91 Å². The molecule has 0 unspecified atom stereocenters. The number of nitrogens with zero attached hydrogens (tertiary/aromatic N) is 1. The number of hydrogen-bond donors (Lipinski definition) is 3. The Kier molecular flexibility index (Phi) is 11.4. The first-order chi connectivity index (χ1) is 19.1. The van der Waals surface area contributed by atoms with Crippen molar-refractivity contribution in [1.29, 1.82) is 0 Å². The molecule has 0 aliphatic rings. The number of aromatic nitrogens is 1. The number of carbonyl (C=O) groups excluding carboxylic acids is 2. The van der Waals surface area contributed by atoms with Gasteiger partial charge < -0.3 is 21.4 Å². The largest absolute Gasteiger partial charge is 0.619 e. The molecule has 3 aromatic rings. The number of sulfone groups is 1. The Balaban J connectivity index is 1.72. The number of amides is 1. The van der Waals surface area contributed by atoms with E-state index in [-0.39, 0.29) is 30.8 Å². The lowest BCUT2D eigenvalue weighted by Crippen LogP contribution is -2.47. The van der Waals surface area contributed by atoms with Crippen LogP contribution in [0.2, 0.25) is 0 Å². The number of aryl methyl sites for hydroxylation is 3. The van der Waals surface area contributed by atoms with E-state index in [1.807, 2.05) is 25.1 Å². The van der Waals surface area contributed by atoms with Gasteiger partial charge in [0, 0.05) is 31.5 Å². The molecule has 0 spiro atoms. The van der Waals surface area contributed by atoms with E-state index in [9.17, 15) is 28.3 Å². The molecule has 0 radical (unpaired) electrons. The first kappa shape index (κ1) is 30.9. The van der Waals surface area contributed by atoms with E-state index in [0.717, 1.165) is 16.7 Å². The highest BCUT2D eigenvalue weighted by molar-refractivity contribution is 7.90. The fraction of sp³-hybridized carbons (Fsp3) is 0.367. The van der Waals surface area contributed by atoms with Crippen LogP contribution in [-0.2, 0) is 44.6 Å². The van der Waals surface area contributed by atoms with Crippen LogP contribution >= 0.6 is 0 Å². The highest BCUT2D eigenvalue weighted by Crippen LogP contribution is 2.17. The molecule has 9 nitrogen and oxygen atoms in total. The number of benzene rings is 2. The minimum atomic E-state index is -3.72. The van der Waals surface area contributed by atoms with Gasteiger partial charge in [-0.3, -0.25) is 9.59 Å². The second kappa shape index (κ2) is 14.7. The van der Waals surface area contributed by atoms with Gasteiger partial charge in [-0.1, -0.05) is 60.2 Å². The van der Waals surface area contributed by atoms with Gasteiger partial charge in [-0.2, -0.15) is 4.73 Å².